The predicted octanol–water partition coefficient (Wildman–Crippen LogP) is 2.66. The molecule has 1 aromatic heterocycles. The number of nitrogens with zero attached hydrogens (tertiary/aromatic N) is 2. The van der Waals surface area contributed by atoms with Gasteiger partial charge in [-0.2, -0.15) is 5.10 Å². The Balaban J connectivity index is 2.76. The lowest BCUT2D eigenvalue weighted by Crippen LogP contribution is -2.26. The van der Waals surface area contributed by atoms with Crippen molar-refractivity contribution in [2.45, 2.75) is 46.1 Å². The molecule has 16 heavy (non-hydrogen) atoms. The van der Waals surface area contributed by atoms with E-state index in [1.165, 1.54) is 5.69 Å². The highest BCUT2D eigenvalue weighted by Gasteiger charge is 2.15. The SMILES string of the molecule is CCc1nn(C)c(CC(N)CC(C)C)c1Br. The largest absolute Gasteiger partial charge is 0.327 e. The van der Waals surface area contributed by atoms with Gasteiger partial charge in [-0.25, -0.2) is 0 Å². The Morgan fingerprint density at radius 1 is 1.44 bits per heavy atom. The van der Waals surface area contributed by atoms with Gasteiger partial charge in [0.05, 0.1) is 15.9 Å². The molecule has 4 heteroatoms. The highest BCUT2D eigenvalue weighted by atomic mass is 79.9. The van der Waals surface area contributed by atoms with Crippen LogP contribution in [0.15, 0.2) is 4.47 Å². The first-order valence-corrected chi connectivity index (χ1v) is 6.70. The van der Waals surface area contributed by atoms with E-state index in [0.717, 1.165) is 29.4 Å². The van der Waals surface area contributed by atoms with Gasteiger partial charge in [0.1, 0.15) is 0 Å². The van der Waals surface area contributed by atoms with Gasteiger partial charge >= 0.3 is 0 Å². The summed E-state index contributed by atoms with van der Waals surface area (Å²) < 4.78 is 3.08. The van der Waals surface area contributed by atoms with Crippen LogP contribution in [-0.2, 0) is 19.9 Å². The third-order valence-electron chi connectivity index (χ3n) is 2.73. The number of nitrogens with two attached hydrogens (primary N) is 1. The number of hydrogen-bond acceptors (Lipinski definition) is 2. The van der Waals surface area contributed by atoms with Crippen molar-refractivity contribution in [2.75, 3.05) is 0 Å². The van der Waals surface area contributed by atoms with Crippen molar-refractivity contribution >= 4 is 15.9 Å². The third kappa shape index (κ3) is 3.32. The molecule has 0 amide bonds. The Hall–Kier alpha value is -0.350. The molecule has 0 aliphatic heterocycles. The Kier molecular flexibility index (Phi) is 4.99. The molecule has 1 rings (SSSR count). The quantitative estimate of drug-likeness (QED) is 0.905. The van der Waals surface area contributed by atoms with Gasteiger partial charge in [-0.05, 0) is 34.7 Å². The van der Waals surface area contributed by atoms with E-state index in [-0.39, 0.29) is 6.04 Å². The number of aromatic nitrogens is 2. The fourth-order valence-corrected chi connectivity index (χ4v) is 2.76. The number of rotatable bonds is 5. The van der Waals surface area contributed by atoms with Crippen molar-refractivity contribution in [3.63, 3.8) is 0 Å². The van der Waals surface area contributed by atoms with Crippen LogP contribution in [0.1, 0.15) is 38.6 Å². The Morgan fingerprint density at radius 3 is 2.50 bits per heavy atom. The van der Waals surface area contributed by atoms with E-state index in [4.69, 9.17) is 5.73 Å². The van der Waals surface area contributed by atoms with Gasteiger partial charge in [-0.3, -0.25) is 4.68 Å². The Morgan fingerprint density at radius 2 is 2.06 bits per heavy atom. The van der Waals surface area contributed by atoms with Crippen LogP contribution < -0.4 is 5.73 Å². The highest BCUT2D eigenvalue weighted by Crippen LogP contribution is 2.23. The van der Waals surface area contributed by atoms with Gasteiger partial charge in [0.15, 0.2) is 0 Å². The predicted molar refractivity (Wildman–Crippen MR) is 71.4 cm³/mol. The van der Waals surface area contributed by atoms with Gasteiger partial charge in [0.2, 0.25) is 0 Å². The first kappa shape index (κ1) is 13.7. The van der Waals surface area contributed by atoms with Crippen LogP contribution in [0.2, 0.25) is 0 Å². The second kappa shape index (κ2) is 5.82. The summed E-state index contributed by atoms with van der Waals surface area (Å²) in [7, 11) is 1.99. The second-order valence-electron chi connectivity index (χ2n) is 4.78. The van der Waals surface area contributed by atoms with E-state index in [1.54, 1.807) is 0 Å². The molecule has 0 saturated carbocycles. The van der Waals surface area contributed by atoms with Crippen LogP contribution in [0.25, 0.3) is 0 Å². The molecule has 0 bridgehead atoms. The monoisotopic (exact) mass is 287 g/mol. The fraction of sp³-hybridized carbons (Fsp3) is 0.750. The normalized spacial score (nSPS) is 13.4. The second-order valence-corrected chi connectivity index (χ2v) is 5.57. The zero-order valence-electron chi connectivity index (χ0n) is 10.6. The summed E-state index contributed by atoms with van der Waals surface area (Å²) in [5.74, 6) is 0.646. The summed E-state index contributed by atoms with van der Waals surface area (Å²) in [6, 6.07) is 0.219. The van der Waals surface area contributed by atoms with E-state index in [9.17, 15) is 0 Å². The molecule has 0 saturated heterocycles. The summed E-state index contributed by atoms with van der Waals surface area (Å²) in [5, 5.41) is 4.48. The lowest BCUT2D eigenvalue weighted by molar-refractivity contribution is 0.483. The molecule has 3 nitrogen and oxygen atoms in total. The van der Waals surface area contributed by atoms with Crippen LogP contribution in [0.5, 0.6) is 0 Å². The smallest absolute Gasteiger partial charge is 0.0766 e. The van der Waals surface area contributed by atoms with Gasteiger partial charge in [-0.1, -0.05) is 20.8 Å². The van der Waals surface area contributed by atoms with Crippen molar-refractivity contribution in [3.8, 4) is 0 Å². The lowest BCUT2D eigenvalue weighted by atomic mass is 10.0. The minimum absolute atomic E-state index is 0.219. The standard InChI is InChI=1S/C12H22BrN3/c1-5-10-12(13)11(16(4)15-10)7-9(14)6-8(2)3/h8-9H,5-7,14H2,1-4H3. The third-order valence-corrected chi connectivity index (χ3v) is 3.65. The van der Waals surface area contributed by atoms with E-state index < -0.39 is 0 Å². The zero-order valence-corrected chi connectivity index (χ0v) is 12.2. The number of hydrogen-bond donors (Lipinski definition) is 1. The van der Waals surface area contributed by atoms with E-state index in [2.05, 4.69) is 41.8 Å². The summed E-state index contributed by atoms with van der Waals surface area (Å²) in [6.45, 7) is 6.52. The lowest BCUT2D eigenvalue weighted by Gasteiger charge is -2.14. The molecule has 0 aliphatic rings. The van der Waals surface area contributed by atoms with E-state index in [0.29, 0.717) is 5.92 Å². The van der Waals surface area contributed by atoms with Crippen molar-refractivity contribution < 1.29 is 0 Å². The maximum atomic E-state index is 6.13. The van der Waals surface area contributed by atoms with Gasteiger partial charge < -0.3 is 5.73 Å². The molecular formula is C12H22BrN3. The highest BCUT2D eigenvalue weighted by molar-refractivity contribution is 9.10. The average molecular weight is 288 g/mol. The molecule has 0 radical (unpaired) electrons. The van der Waals surface area contributed by atoms with Crippen molar-refractivity contribution in [3.05, 3.63) is 15.9 Å². The minimum Gasteiger partial charge on any atom is -0.327 e. The van der Waals surface area contributed by atoms with Gasteiger partial charge in [0, 0.05) is 19.5 Å². The van der Waals surface area contributed by atoms with Gasteiger partial charge in [0.25, 0.3) is 0 Å². The zero-order chi connectivity index (χ0) is 12.3. The van der Waals surface area contributed by atoms with Crippen molar-refractivity contribution in [2.24, 2.45) is 18.7 Å². The summed E-state index contributed by atoms with van der Waals surface area (Å²) >= 11 is 3.62. The maximum absolute atomic E-state index is 6.13. The molecule has 1 atom stereocenters. The van der Waals surface area contributed by atoms with Crippen LogP contribution in [-0.4, -0.2) is 15.8 Å². The molecular weight excluding hydrogens is 266 g/mol. The number of halogens is 1. The van der Waals surface area contributed by atoms with E-state index >= 15 is 0 Å². The Bertz CT molecular complexity index is 344. The van der Waals surface area contributed by atoms with Crippen LogP contribution in [0.4, 0.5) is 0 Å². The topological polar surface area (TPSA) is 43.8 Å². The Labute approximate surface area is 107 Å². The summed E-state index contributed by atoms with van der Waals surface area (Å²) in [4.78, 5) is 0. The molecule has 0 aliphatic carbocycles. The first-order chi connectivity index (χ1) is 7.45. The first-order valence-electron chi connectivity index (χ1n) is 5.91. The maximum Gasteiger partial charge on any atom is 0.0766 e. The summed E-state index contributed by atoms with van der Waals surface area (Å²) in [5.41, 5.74) is 8.47. The molecule has 0 fully saturated rings. The minimum atomic E-state index is 0.219. The molecule has 1 heterocycles. The van der Waals surface area contributed by atoms with Crippen LogP contribution >= 0.6 is 15.9 Å². The van der Waals surface area contributed by atoms with Crippen molar-refractivity contribution in [1.82, 2.24) is 9.78 Å². The molecule has 1 unspecified atom stereocenters. The van der Waals surface area contributed by atoms with Crippen molar-refractivity contribution in [1.29, 1.82) is 0 Å². The molecule has 0 aromatic carbocycles. The molecule has 0 spiro atoms. The van der Waals surface area contributed by atoms with Crippen LogP contribution in [0, 0.1) is 5.92 Å². The van der Waals surface area contributed by atoms with E-state index in [1.807, 2.05) is 11.7 Å². The average Bonchev–Trinajstić information content (AvgIpc) is 2.44. The summed E-state index contributed by atoms with van der Waals surface area (Å²) in [6.07, 6.45) is 2.90. The van der Waals surface area contributed by atoms with Crippen LogP contribution in [0.3, 0.4) is 0 Å². The molecule has 92 valence electrons. The molecule has 1 aromatic rings. The molecule has 2 N–H and O–H groups in total. The van der Waals surface area contributed by atoms with Gasteiger partial charge in [-0.15, -0.1) is 0 Å². The number of aryl methyl sites for hydroxylation is 2. The fourth-order valence-electron chi connectivity index (χ4n) is 1.98.